The number of rotatable bonds is 7. The van der Waals surface area contributed by atoms with Crippen LogP contribution in [0.2, 0.25) is 0 Å². The Bertz CT molecular complexity index is 1110. The molecule has 2 atom stereocenters. The van der Waals surface area contributed by atoms with Crippen LogP contribution in [0.25, 0.3) is 15.7 Å². The highest BCUT2D eigenvalue weighted by Gasteiger charge is 2.31. The van der Waals surface area contributed by atoms with E-state index in [1.54, 1.807) is 0 Å². The Morgan fingerprint density at radius 1 is 1.12 bits per heavy atom. The molecule has 0 N–H and O–H groups in total. The summed E-state index contributed by atoms with van der Waals surface area (Å²) in [5, 5.41) is 3.53. The topological polar surface area (TPSA) is 33.2 Å². The molecule has 172 valence electrons. The maximum absolute atomic E-state index is 13.5. The van der Waals surface area contributed by atoms with Crippen molar-refractivity contribution in [2.24, 2.45) is 5.92 Å². The number of pyridine rings is 1. The lowest BCUT2D eigenvalue weighted by molar-refractivity contribution is -0.125. The SMILES string of the molecule is CC1CC(c2cccc3ccsc23)=CCN1CCC(C(=O)C1CCCCC1)c1ccccn1. The molecule has 0 amide bonds. The summed E-state index contributed by atoms with van der Waals surface area (Å²) in [7, 11) is 0. The van der Waals surface area contributed by atoms with Gasteiger partial charge in [-0.05, 0) is 79.3 Å². The molecule has 33 heavy (non-hydrogen) atoms. The molecule has 0 spiro atoms. The van der Waals surface area contributed by atoms with Gasteiger partial charge in [0.2, 0.25) is 0 Å². The molecule has 0 saturated heterocycles. The number of hydrogen-bond acceptors (Lipinski definition) is 4. The number of fused-ring (bicyclic) bond motifs is 1. The summed E-state index contributed by atoms with van der Waals surface area (Å²) in [6, 6.07) is 15.3. The van der Waals surface area contributed by atoms with E-state index in [9.17, 15) is 4.79 Å². The number of carbonyl (C=O) groups is 1. The summed E-state index contributed by atoms with van der Waals surface area (Å²) in [6.07, 6.45) is 11.9. The van der Waals surface area contributed by atoms with Gasteiger partial charge >= 0.3 is 0 Å². The van der Waals surface area contributed by atoms with Gasteiger partial charge in [-0.1, -0.05) is 49.6 Å². The second kappa shape index (κ2) is 10.3. The van der Waals surface area contributed by atoms with Crippen molar-refractivity contribution in [1.29, 1.82) is 0 Å². The molecule has 3 nitrogen and oxygen atoms in total. The summed E-state index contributed by atoms with van der Waals surface area (Å²) in [5.41, 5.74) is 3.82. The molecular formula is C29H34N2OS. The number of nitrogens with zero attached hydrogens (tertiary/aromatic N) is 2. The van der Waals surface area contributed by atoms with Gasteiger partial charge < -0.3 is 0 Å². The van der Waals surface area contributed by atoms with Crippen LogP contribution in [0.3, 0.4) is 0 Å². The first-order valence-electron chi connectivity index (χ1n) is 12.5. The molecule has 3 heterocycles. The molecule has 0 radical (unpaired) electrons. The molecule has 2 aliphatic rings. The third-order valence-corrected chi connectivity index (χ3v) is 8.60. The molecule has 2 unspecified atom stereocenters. The zero-order valence-corrected chi connectivity index (χ0v) is 20.4. The second-order valence-electron chi connectivity index (χ2n) is 9.76. The molecular weight excluding hydrogens is 424 g/mol. The fourth-order valence-electron chi connectivity index (χ4n) is 5.70. The lowest BCUT2D eigenvalue weighted by atomic mass is 9.79. The predicted molar refractivity (Wildman–Crippen MR) is 139 cm³/mol. The van der Waals surface area contributed by atoms with Gasteiger partial charge in [-0.15, -0.1) is 11.3 Å². The Balaban J connectivity index is 1.29. The molecule has 1 aromatic carbocycles. The highest BCUT2D eigenvalue weighted by molar-refractivity contribution is 7.17. The summed E-state index contributed by atoms with van der Waals surface area (Å²) in [6.45, 7) is 4.22. The number of thiophene rings is 1. The largest absolute Gasteiger partial charge is 0.299 e. The number of carbonyl (C=O) groups excluding carboxylic acids is 1. The third-order valence-electron chi connectivity index (χ3n) is 7.64. The molecule has 1 fully saturated rings. The highest BCUT2D eigenvalue weighted by atomic mass is 32.1. The van der Waals surface area contributed by atoms with Crippen LogP contribution in [-0.2, 0) is 4.79 Å². The summed E-state index contributed by atoms with van der Waals surface area (Å²) in [5.74, 6) is 0.577. The Hall–Kier alpha value is -2.30. The fourth-order valence-corrected chi connectivity index (χ4v) is 6.65. The molecule has 5 rings (SSSR count). The summed E-state index contributed by atoms with van der Waals surface area (Å²) >= 11 is 1.84. The second-order valence-corrected chi connectivity index (χ2v) is 10.7. The van der Waals surface area contributed by atoms with Crippen molar-refractivity contribution in [3.8, 4) is 0 Å². The number of hydrogen-bond donors (Lipinski definition) is 0. The van der Waals surface area contributed by atoms with E-state index >= 15 is 0 Å². The van der Waals surface area contributed by atoms with Gasteiger partial charge in [0.15, 0.2) is 0 Å². The first-order valence-corrected chi connectivity index (χ1v) is 13.4. The van der Waals surface area contributed by atoms with E-state index in [1.165, 1.54) is 40.5 Å². The Morgan fingerprint density at radius 2 is 2.00 bits per heavy atom. The molecule has 1 saturated carbocycles. The first kappa shape index (κ1) is 22.5. The van der Waals surface area contributed by atoms with Gasteiger partial charge in [-0.25, -0.2) is 0 Å². The zero-order chi connectivity index (χ0) is 22.6. The third kappa shape index (κ3) is 4.97. The van der Waals surface area contributed by atoms with E-state index < -0.39 is 0 Å². The smallest absolute Gasteiger partial charge is 0.145 e. The highest BCUT2D eigenvalue weighted by Crippen LogP contribution is 2.35. The van der Waals surface area contributed by atoms with E-state index in [4.69, 9.17) is 0 Å². The number of aromatic nitrogens is 1. The van der Waals surface area contributed by atoms with Gasteiger partial charge in [0.1, 0.15) is 5.78 Å². The minimum Gasteiger partial charge on any atom is -0.299 e. The van der Waals surface area contributed by atoms with Crippen LogP contribution in [0.1, 0.15) is 69.0 Å². The number of Topliss-reactive ketones (excluding diaryl/α,β-unsaturated/α-hetero) is 1. The lowest BCUT2D eigenvalue weighted by Gasteiger charge is -2.34. The Morgan fingerprint density at radius 3 is 2.79 bits per heavy atom. The fraction of sp³-hybridized carbons (Fsp3) is 0.448. The number of benzene rings is 1. The van der Waals surface area contributed by atoms with Crippen LogP contribution >= 0.6 is 11.3 Å². The molecule has 2 aromatic heterocycles. The van der Waals surface area contributed by atoms with Crippen LogP contribution in [0.15, 0.2) is 60.1 Å². The monoisotopic (exact) mass is 458 g/mol. The van der Waals surface area contributed by atoms with Crippen LogP contribution in [0.5, 0.6) is 0 Å². The molecule has 4 heteroatoms. The van der Waals surface area contributed by atoms with E-state index in [0.29, 0.717) is 11.8 Å². The van der Waals surface area contributed by atoms with Gasteiger partial charge in [0, 0.05) is 29.4 Å². The Labute approximate surface area is 201 Å². The maximum Gasteiger partial charge on any atom is 0.145 e. The van der Waals surface area contributed by atoms with Crippen molar-refractivity contribution in [2.45, 2.75) is 63.8 Å². The quantitative estimate of drug-likeness (QED) is 0.379. The standard InChI is InChI=1S/C29H34N2OS/c1-21-20-24(25-11-7-10-23-15-19-33-29(23)25)13-17-31(21)18-14-26(27-12-5-6-16-30-27)28(32)22-8-3-2-4-9-22/h5-7,10-13,15-16,19,21-22,26H,2-4,8-9,14,17-18,20H2,1H3. The lowest BCUT2D eigenvalue weighted by Crippen LogP contribution is -2.38. The predicted octanol–water partition coefficient (Wildman–Crippen LogP) is 7.10. The molecule has 1 aliphatic heterocycles. The number of ketones is 1. The van der Waals surface area contributed by atoms with Crippen molar-refractivity contribution < 1.29 is 4.79 Å². The summed E-state index contributed by atoms with van der Waals surface area (Å²) < 4.78 is 1.40. The van der Waals surface area contributed by atoms with Crippen molar-refractivity contribution in [2.75, 3.05) is 13.1 Å². The van der Waals surface area contributed by atoms with E-state index in [1.807, 2.05) is 35.7 Å². The molecule has 0 bridgehead atoms. The Kier molecular flexibility index (Phi) is 7.03. The van der Waals surface area contributed by atoms with Gasteiger partial charge in [0.05, 0.1) is 11.6 Å². The van der Waals surface area contributed by atoms with Gasteiger partial charge in [-0.3, -0.25) is 14.7 Å². The summed E-state index contributed by atoms with van der Waals surface area (Å²) in [4.78, 5) is 20.7. The zero-order valence-electron chi connectivity index (χ0n) is 19.6. The van der Waals surface area contributed by atoms with E-state index in [-0.39, 0.29) is 11.8 Å². The van der Waals surface area contributed by atoms with Crippen molar-refractivity contribution >= 4 is 32.8 Å². The minimum atomic E-state index is -0.0771. The van der Waals surface area contributed by atoms with E-state index in [0.717, 1.165) is 44.5 Å². The maximum atomic E-state index is 13.5. The van der Waals surface area contributed by atoms with Crippen LogP contribution in [-0.4, -0.2) is 34.8 Å². The average Bonchev–Trinajstić information content (AvgIpc) is 3.35. The van der Waals surface area contributed by atoms with Gasteiger partial charge in [0.25, 0.3) is 0 Å². The average molecular weight is 459 g/mol. The normalized spacial score (nSPS) is 21.1. The molecule has 3 aromatic rings. The van der Waals surface area contributed by atoms with Crippen molar-refractivity contribution in [3.63, 3.8) is 0 Å². The van der Waals surface area contributed by atoms with Crippen LogP contribution in [0, 0.1) is 5.92 Å². The van der Waals surface area contributed by atoms with Crippen molar-refractivity contribution in [3.05, 3.63) is 71.4 Å². The van der Waals surface area contributed by atoms with Crippen LogP contribution in [0.4, 0.5) is 0 Å². The van der Waals surface area contributed by atoms with Crippen molar-refractivity contribution in [1.82, 2.24) is 9.88 Å². The van der Waals surface area contributed by atoms with E-state index in [2.05, 4.69) is 52.5 Å². The van der Waals surface area contributed by atoms with Gasteiger partial charge in [-0.2, -0.15) is 0 Å². The first-order chi connectivity index (χ1) is 16.2. The molecule has 1 aliphatic carbocycles. The van der Waals surface area contributed by atoms with Crippen LogP contribution < -0.4 is 0 Å². The minimum absolute atomic E-state index is 0.0771.